The van der Waals surface area contributed by atoms with Gasteiger partial charge in [0.2, 0.25) is 5.91 Å². The smallest absolute Gasteiger partial charge is 0.246 e. The zero-order valence-electron chi connectivity index (χ0n) is 23.4. The van der Waals surface area contributed by atoms with Crippen LogP contribution in [0, 0.1) is 11.6 Å². The molecule has 0 spiro atoms. The van der Waals surface area contributed by atoms with Crippen LogP contribution < -0.4 is 4.74 Å². The second kappa shape index (κ2) is 11.5. The molecular formula is C31H24F2N6O3S2. The monoisotopic (exact) mass is 630 g/mol. The Balaban J connectivity index is 1.49. The minimum absolute atomic E-state index is 0.0417. The van der Waals surface area contributed by atoms with Crippen LogP contribution in [0.3, 0.4) is 0 Å². The molecule has 1 aromatic carbocycles. The van der Waals surface area contributed by atoms with Crippen molar-refractivity contribution in [3.8, 4) is 38.8 Å². The van der Waals surface area contributed by atoms with Gasteiger partial charge in [0, 0.05) is 64.5 Å². The Bertz CT molecular complexity index is 2070. The average Bonchev–Trinajstić information content (AvgIpc) is 3.79. The van der Waals surface area contributed by atoms with Crippen molar-refractivity contribution in [2.75, 3.05) is 26.9 Å². The fourth-order valence-electron chi connectivity index (χ4n) is 5.35. The molecule has 6 heterocycles. The van der Waals surface area contributed by atoms with Crippen LogP contribution in [0.1, 0.15) is 10.6 Å². The number of benzene rings is 1. The van der Waals surface area contributed by atoms with Gasteiger partial charge in [-0.3, -0.25) is 9.20 Å². The molecule has 9 nitrogen and oxygen atoms in total. The van der Waals surface area contributed by atoms with Gasteiger partial charge < -0.3 is 14.4 Å². The Hall–Kier alpha value is -4.59. The quantitative estimate of drug-likeness (QED) is 0.147. The maximum Gasteiger partial charge on any atom is 0.246 e. The number of ether oxygens (including phenoxy) is 2. The predicted octanol–water partition coefficient (Wildman–Crippen LogP) is 6.17. The number of thiophene rings is 1. The van der Waals surface area contributed by atoms with E-state index in [1.54, 1.807) is 15.6 Å². The topological polar surface area (TPSA) is 94.7 Å². The van der Waals surface area contributed by atoms with Crippen LogP contribution in [0.15, 0.2) is 60.9 Å². The summed E-state index contributed by atoms with van der Waals surface area (Å²) in [4.78, 5) is 25.1. The Morgan fingerprint density at radius 2 is 2.02 bits per heavy atom. The second-order valence-corrected chi connectivity index (χ2v) is 12.1. The van der Waals surface area contributed by atoms with Crippen LogP contribution in [0.4, 0.5) is 8.78 Å². The van der Waals surface area contributed by atoms with E-state index in [-0.39, 0.29) is 30.4 Å². The molecule has 0 atom stereocenters. The largest absolute Gasteiger partial charge is 0.490 e. The van der Waals surface area contributed by atoms with Gasteiger partial charge in [-0.2, -0.15) is 0 Å². The van der Waals surface area contributed by atoms with Crippen LogP contribution in [0.25, 0.3) is 48.8 Å². The summed E-state index contributed by atoms with van der Waals surface area (Å²) >= 11 is 2.83. The van der Waals surface area contributed by atoms with Crippen molar-refractivity contribution in [2.24, 2.45) is 0 Å². The molecule has 0 bridgehead atoms. The normalized spacial score (nSPS) is 13.0. The molecule has 0 fully saturated rings. The summed E-state index contributed by atoms with van der Waals surface area (Å²) in [7, 11) is 1.53. The Morgan fingerprint density at radius 1 is 1.14 bits per heavy atom. The maximum absolute atomic E-state index is 15.9. The molecule has 1 aliphatic heterocycles. The van der Waals surface area contributed by atoms with Gasteiger partial charge in [0.15, 0.2) is 5.65 Å². The summed E-state index contributed by atoms with van der Waals surface area (Å²) in [5.74, 6) is -1.65. The zero-order chi connectivity index (χ0) is 30.4. The number of aromatic nitrogens is 5. The lowest BCUT2D eigenvalue weighted by atomic mass is 9.98. The molecule has 5 aromatic heterocycles. The fourth-order valence-corrected chi connectivity index (χ4v) is 7.42. The van der Waals surface area contributed by atoms with Crippen LogP contribution in [0.2, 0.25) is 0 Å². The maximum atomic E-state index is 15.9. The van der Waals surface area contributed by atoms with E-state index in [9.17, 15) is 9.18 Å². The number of pyridine rings is 2. The van der Waals surface area contributed by atoms with Crippen LogP contribution in [-0.2, 0) is 22.5 Å². The van der Waals surface area contributed by atoms with Gasteiger partial charge >= 0.3 is 0 Å². The molecule has 6 aromatic rings. The number of fused-ring (bicyclic) bond motifs is 3. The number of amides is 1. The van der Waals surface area contributed by atoms with E-state index in [0.717, 1.165) is 32.3 Å². The standard InChI is InChI=1S/C31H24F2N6O3S2/c1-3-25(40)38-8-6-21-23(15-38)44-31(35-21)29-27(26-20(33)12-18(32)13-22(26)42-10-9-41-2)30-19(7-11-43-30)28(36-29)17-4-5-24-37-34-16-39(24)14-17/h3-5,7,11-14,16H,1,6,8-10,15H2,2H3. The summed E-state index contributed by atoms with van der Waals surface area (Å²) in [6.07, 6.45) is 5.37. The minimum Gasteiger partial charge on any atom is -0.490 e. The first-order valence-corrected chi connectivity index (χ1v) is 15.4. The molecule has 0 unspecified atom stereocenters. The number of thiazole rings is 1. The van der Waals surface area contributed by atoms with E-state index in [2.05, 4.69) is 16.8 Å². The van der Waals surface area contributed by atoms with Crippen molar-refractivity contribution in [1.29, 1.82) is 0 Å². The lowest BCUT2D eigenvalue weighted by Gasteiger charge is -2.24. The van der Waals surface area contributed by atoms with E-state index in [1.807, 2.05) is 29.8 Å². The van der Waals surface area contributed by atoms with Gasteiger partial charge in [0.25, 0.3) is 0 Å². The van der Waals surface area contributed by atoms with Crippen molar-refractivity contribution in [2.45, 2.75) is 13.0 Å². The van der Waals surface area contributed by atoms with E-state index in [1.165, 1.54) is 41.9 Å². The lowest BCUT2D eigenvalue weighted by Crippen LogP contribution is -2.34. The molecule has 222 valence electrons. The molecule has 1 amide bonds. The third-order valence-corrected chi connectivity index (χ3v) is 9.43. The van der Waals surface area contributed by atoms with E-state index in [0.29, 0.717) is 47.1 Å². The SMILES string of the molecule is C=CC(=O)N1CCc2nc(-c3nc(-c4ccc5nncn5c4)c4ccsc4c3-c3c(F)cc(F)cc3OCCOC)sc2C1. The van der Waals surface area contributed by atoms with Gasteiger partial charge in [-0.1, -0.05) is 6.58 Å². The number of hydrogen-bond donors (Lipinski definition) is 0. The molecule has 0 saturated carbocycles. The van der Waals surface area contributed by atoms with Gasteiger partial charge in [-0.15, -0.1) is 32.9 Å². The highest BCUT2D eigenvalue weighted by Gasteiger charge is 2.29. The number of carbonyl (C=O) groups is 1. The summed E-state index contributed by atoms with van der Waals surface area (Å²) < 4.78 is 44.0. The van der Waals surface area contributed by atoms with Crippen LogP contribution in [-0.4, -0.2) is 62.2 Å². The van der Waals surface area contributed by atoms with E-state index in [4.69, 9.17) is 19.4 Å². The highest BCUT2D eigenvalue weighted by Crippen LogP contribution is 2.48. The van der Waals surface area contributed by atoms with Gasteiger partial charge in [0.1, 0.15) is 41.0 Å². The highest BCUT2D eigenvalue weighted by molar-refractivity contribution is 7.18. The summed E-state index contributed by atoms with van der Waals surface area (Å²) in [6, 6.07) is 7.73. The number of nitrogens with zero attached hydrogens (tertiary/aromatic N) is 6. The molecule has 7 rings (SSSR count). The van der Waals surface area contributed by atoms with E-state index < -0.39 is 11.6 Å². The third kappa shape index (κ3) is 4.92. The number of methoxy groups -OCH3 is 1. The molecule has 0 N–H and O–H groups in total. The first kappa shape index (κ1) is 28.2. The average molecular weight is 631 g/mol. The van der Waals surface area contributed by atoms with Crippen LogP contribution >= 0.6 is 22.7 Å². The van der Waals surface area contributed by atoms with Crippen molar-refractivity contribution < 1.29 is 23.0 Å². The molecule has 0 aliphatic carbocycles. The van der Waals surface area contributed by atoms with Gasteiger partial charge in [0.05, 0.1) is 30.1 Å². The summed E-state index contributed by atoms with van der Waals surface area (Å²) in [5, 5.41) is 11.3. The number of halogens is 2. The van der Waals surface area contributed by atoms with Gasteiger partial charge in [-0.25, -0.2) is 18.7 Å². The predicted molar refractivity (Wildman–Crippen MR) is 165 cm³/mol. The van der Waals surface area contributed by atoms with Crippen LogP contribution in [0.5, 0.6) is 5.75 Å². The summed E-state index contributed by atoms with van der Waals surface area (Å²) in [6.45, 7) is 4.85. The minimum atomic E-state index is -0.780. The van der Waals surface area contributed by atoms with Crippen molar-refractivity contribution in [3.05, 3.63) is 83.1 Å². The molecule has 0 saturated heterocycles. The Labute approximate surface area is 258 Å². The number of hydrogen-bond acceptors (Lipinski definition) is 9. The number of carbonyl (C=O) groups excluding carboxylic acids is 1. The highest BCUT2D eigenvalue weighted by atomic mass is 32.1. The zero-order valence-corrected chi connectivity index (χ0v) is 25.1. The lowest BCUT2D eigenvalue weighted by molar-refractivity contribution is -0.126. The first-order valence-electron chi connectivity index (χ1n) is 13.7. The molecular weight excluding hydrogens is 607 g/mol. The third-order valence-electron chi connectivity index (χ3n) is 7.41. The van der Waals surface area contributed by atoms with E-state index >= 15 is 4.39 Å². The second-order valence-electron chi connectivity index (χ2n) is 10.1. The Kier molecular flexibility index (Phi) is 7.36. The molecule has 0 radical (unpaired) electrons. The molecule has 1 aliphatic rings. The van der Waals surface area contributed by atoms with Gasteiger partial charge in [-0.05, 0) is 29.7 Å². The first-order chi connectivity index (χ1) is 21.4. The van der Waals surface area contributed by atoms with Crippen molar-refractivity contribution >= 4 is 44.3 Å². The fraction of sp³-hybridized carbons (Fsp3) is 0.194. The molecule has 13 heteroatoms. The Morgan fingerprint density at radius 3 is 2.86 bits per heavy atom. The van der Waals surface area contributed by atoms with Crippen molar-refractivity contribution in [3.63, 3.8) is 0 Å². The number of rotatable bonds is 8. The molecule has 44 heavy (non-hydrogen) atoms. The summed E-state index contributed by atoms with van der Waals surface area (Å²) in [5.41, 5.74) is 3.99. The van der Waals surface area contributed by atoms with Crippen molar-refractivity contribution in [1.82, 2.24) is 29.5 Å².